The monoisotopic (exact) mass is 418 g/mol. The van der Waals surface area contributed by atoms with Crippen LogP contribution in [0.5, 0.6) is 0 Å². The van der Waals surface area contributed by atoms with Gasteiger partial charge in [-0.2, -0.15) is 5.10 Å². The van der Waals surface area contributed by atoms with Crippen molar-refractivity contribution in [2.24, 2.45) is 0 Å². The van der Waals surface area contributed by atoms with Crippen LogP contribution in [-0.2, 0) is 4.74 Å². The topological polar surface area (TPSA) is 106 Å². The molecule has 3 N–H and O–H groups in total. The van der Waals surface area contributed by atoms with Crippen LogP contribution in [0.2, 0.25) is 0 Å². The number of ether oxygens (including phenoxy) is 1. The number of rotatable bonds is 6. The van der Waals surface area contributed by atoms with Crippen molar-refractivity contribution in [1.29, 1.82) is 5.41 Å². The number of nitrogens with zero attached hydrogens (tertiary/aromatic N) is 5. The molecule has 0 radical (unpaired) electrons. The number of hydrogen-bond acceptors (Lipinski definition) is 8. The summed E-state index contributed by atoms with van der Waals surface area (Å²) in [5.74, 6) is 0.566. The molecule has 31 heavy (non-hydrogen) atoms. The largest absolute Gasteiger partial charge is 0.481 e. The Bertz CT molecular complexity index is 1050. The lowest BCUT2D eigenvalue weighted by atomic mass is 10.1. The molecule has 0 amide bonds. The molecule has 0 unspecified atom stereocenters. The van der Waals surface area contributed by atoms with Crippen LogP contribution in [-0.4, -0.2) is 71.3 Å². The summed E-state index contributed by atoms with van der Waals surface area (Å²) in [7, 11) is 3.62. The molecule has 1 fully saturated rings. The second kappa shape index (κ2) is 9.40. The van der Waals surface area contributed by atoms with E-state index in [1.807, 2.05) is 18.2 Å². The Hall–Kier alpha value is -3.72. The zero-order valence-corrected chi connectivity index (χ0v) is 17.7. The van der Waals surface area contributed by atoms with Crippen LogP contribution in [0.1, 0.15) is 5.69 Å². The highest BCUT2D eigenvalue weighted by Gasteiger charge is 2.14. The molecule has 0 spiro atoms. The first kappa shape index (κ1) is 20.5. The van der Waals surface area contributed by atoms with Crippen molar-refractivity contribution in [3.05, 3.63) is 54.5 Å². The number of H-pyrrole nitrogens is 1. The van der Waals surface area contributed by atoms with Gasteiger partial charge < -0.3 is 19.9 Å². The van der Waals surface area contributed by atoms with E-state index in [1.54, 1.807) is 24.5 Å². The summed E-state index contributed by atoms with van der Waals surface area (Å²) in [6.07, 6.45) is 6.70. The van der Waals surface area contributed by atoms with Crippen molar-refractivity contribution >= 4 is 29.3 Å². The molecule has 1 saturated heterocycles. The average Bonchev–Trinajstić information content (AvgIpc) is 3.27. The van der Waals surface area contributed by atoms with Crippen LogP contribution in [0.3, 0.4) is 0 Å². The van der Waals surface area contributed by atoms with Gasteiger partial charge in [0.1, 0.15) is 0 Å². The second-order valence-corrected chi connectivity index (χ2v) is 7.33. The van der Waals surface area contributed by atoms with Gasteiger partial charge in [-0.15, -0.1) is 0 Å². The van der Waals surface area contributed by atoms with Crippen molar-refractivity contribution in [2.75, 3.05) is 50.6 Å². The summed E-state index contributed by atoms with van der Waals surface area (Å²) in [5, 5.41) is 17.9. The summed E-state index contributed by atoms with van der Waals surface area (Å²) in [5.41, 5.74) is 4.43. The van der Waals surface area contributed by atoms with E-state index in [4.69, 9.17) is 10.1 Å². The number of methoxy groups -OCH3 is 1. The van der Waals surface area contributed by atoms with Crippen LogP contribution >= 0.6 is 0 Å². The maximum Gasteiger partial charge on any atom is 0.227 e. The average molecular weight is 419 g/mol. The van der Waals surface area contributed by atoms with Gasteiger partial charge in [-0.05, 0) is 43.5 Å². The zero-order valence-electron chi connectivity index (χ0n) is 17.7. The molecular formula is C22H26N8O. The molecule has 0 bridgehead atoms. The van der Waals surface area contributed by atoms with Crippen molar-refractivity contribution in [1.82, 2.24) is 25.1 Å². The third kappa shape index (κ3) is 5.07. The summed E-state index contributed by atoms with van der Waals surface area (Å²) in [4.78, 5) is 13.7. The number of hydrogen-bond donors (Lipinski definition) is 3. The van der Waals surface area contributed by atoms with Crippen molar-refractivity contribution < 1.29 is 4.74 Å². The molecule has 4 rings (SSSR count). The van der Waals surface area contributed by atoms with Crippen LogP contribution in [0.25, 0.3) is 17.3 Å². The third-order valence-corrected chi connectivity index (χ3v) is 5.21. The van der Waals surface area contributed by atoms with Crippen molar-refractivity contribution in [2.45, 2.75) is 0 Å². The number of piperazine rings is 1. The maximum absolute atomic E-state index is 7.58. The maximum atomic E-state index is 7.58. The van der Waals surface area contributed by atoms with E-state index in [0.717, 1.165) is 48.8 Å². The predicted octanol–water partition coefficient (Wildman–Crippen LogP) is 3.00. The highest BCUT2D eigenvalue weighted by molar-refractivity contribution is 5.90. The smallest absolute Gasteiger partial charge is 0.227 e. The molecule has 160 valence electrons. The zero-order chi connectivity index (χ0) is 21.6. The fraction of sp³-hybridized carbons (Fsp3) is 0.273. The Labute approximate surface area is 181 Å². The van der Waals surface area contributed by atoms with E-state index < -0.39 is 0 Å². The molecule has 1 aliphatic rings. The number of nitrogens with one attached hydrogen (secondary N) is 3. The van der Waals surface area contributed by atoms with Crippen LogP contribution < -0.4 is 10.2 Å². The van der Waals surface area contributed by atoms with E-state index in [-0.39, 0.29) is 5.90 Å². The third-order valence-electron chi connectivity index (χ3n) is 5.21. The standard InChI is InChI=1S/C22H26N8O/c1-29-11-13-30(14-12-29)17-5-3-16(4-6-17)26-22-24-10-9-19(27-22)18-15-25-28-20(18)7-8-21(23)31-2/h3-10,15,23H,11-14H2,1-2H3,(H,25,28)(H,24,26,27)/b8-7-,23-21?. The molecular weight excluding hydrogens is 392 g/mol. The van der Waals surface area contributed by atoms with E-state index >= 15 is 0 Å². The number of aromatic nitrogens is 4. The molecule has 1 aromatic carbocycles. The summed E-state index contributed by atoms with van der Waals surface area (Å²) in [6, 6.07) is 10.2. The second-order valence-electron chi connectivity index (χ2n) is 7.33. The molecule has 1 aliphatic heterocycles. The molecule has 9 nitrogen and oxygen atoms in total. The highest BCUT2D eigenvalue weighted by atomic mass is 16.5. The molecule has 3 heterocycles. The van der Waals surface area contributed by atoms with Gasteiger partial charge in [-0.25, -0.2) is 9.97 Å². The summed E-state index contributed by atoms with van der Waals surface area (Å²) >= 11 is 0. The van der Waals surface area contributed by atoms with Gasteiger partial charge >= 0.3 is 0 Å². The number of aromatic amines is 1. The highest BCUT2D eigenvalue weighted by Crippen LogP contribution is 2.24. The minimum atomic E-state index is 0.0608. The summed E-state index contributed by atoms with van der Waals surface area (Å²) in [6.45, 7) is 4.25. The number of benzene rings is 1. The molecule has 0 aliphatic carbocycles. The van der Waals surface area contributed by atoms with Gasteiger partial charge in [0.15, 0.2) is 0 Å². The normalized spacial score (nSPS) is 14.7. The number of anilines is 3. The van der Waals surface area contributed by atoms with Gasteiger partial charge in [0, 0.05) is 55.4 Å². The minimum Gasteiger partial charge on any atom is -0.481 e. The van der Waals surface area contributed by atoms with E-state index in [2.05, 4.69) is 54.5 Å². The lowest BCUT2D eigenvalue weighted by Crippen LogP contribution is -2.44. The van der Waals surface area contributed by atoms with Gasteiger partial charge in [0.05, 0.1) is 24.7 Å². The van der Waals surface area contributed by atoms with Gasteiger partial charge in [0.2, 0.25) is 11.8 Å². The van der Waals surface area contributed by atoms with Crippen molar-refractivity contribution in [3.63, 3.8) is 0 Å². The fourth-order valence-corrected chi connectivity index (χ4v) is 3.37. The lowest BCUT2D eigenvalue weighted by Gasteiger charge is -2.34. The Kier molecular flexibility index (Phi) is 6.23. The molecule has 0 atom stereocenters. The molecule has 3 aromatic rings. The molecule has 0 saturated carbocycles. The van der Waals surface area contributed by atoms with Crippen LogP contribution in [0.15, 0.2) is 48.8 Å². The molecule has 2 aromatic heterocycles. The van der Waals surface area contributed by atoms with E-state index in [1.165, 1.54) is 12.8 Å². The SMILES string of the molecule is COC(=N)/C=C\c1[nH]ncc1-c1ccnc(Nc2ccc(N3CCN(C)CC3)cc2)n1. The predicted molar refractivity (Wildman–Crippen MR) is 123 cm³/mol. The van der Waals surface area contributed by atoms with Crippen LogP contribution in [0, 0.1) is 5.41 Å². The number of likely N-dealkylation sites (N-methyl/N-ethyl adjacent to an activating group) is 1. The first-order valence-corrected chi connectivity index (χ1v) is 10.1. The van der Waals surface area contributed by atoms with Crippen LogP contribution in [0.4, 0.5) is 17.3 Å². The van der Waals surface area contributed by atoms with Crippen molar-refractivity contribution in [3.8, 4) is 11.3 Å². The summed E-state index contributed by atoms with van der Waals surface area (Å²) < 4.78 is 4.85. The quantitative estimate of drug-likeness (QED) is 0.417. The Morgan fingerprint density at radius 2 is 1.94 bits per heavy atom. The fourth-order valence-electron chi connectivity index (χ4n) is 3.37. The first-order chi connectivity index (χ1) is 15.1. The van der Waals surface area contributed by atoms with E-state index in [0.29, 0.717) is 5.95 Å². The van der Waals surface area contributed by atoms with Gasteiger partial charge in [0.25, 0.3) is 0 Å². The first-order valence-electron chi connectivity index (χ1n) is 10.1. The lowest BCUT2D eigenvalue weighted by molar-refractivity contribution is 0.313. The Morgan fingerprint density at radius 3 is 2.68 bits per heavy atom. The van der Waals surface area contributed by atoms with Gasteiger partial charge in [-0.3, -0.25) is 10.5 Å². The molecule has 9 heteroatoms. The Morgan fingerprint density at radius 1 is 1.16 bits per heavy atom. The van der Waals surface area contributed by atoms with Gasteiger partial charge in [-0.1, -0.05) is 0 Å². The van der Waals surface area contributed by atoms with E-state index in [9.17, 15) is 0 Å². The minimum absolute atomic E-state index is 0.0608. The Balaban J connectivity index is 1.47.